The van der Waals surface area contributed by atoms with Crippen molar-refractivity contribution in [2.24, 2.45) is 5.92 Å². The zero-order chi connectivity index (χ0) is 14.8. The second-order valence-corrected chi connectivity index (χ2v) is 5.50. The van der Waals surface area contributed by atoms with E-state index in [-0.39, 0.29) is 24.0 Å². The molecule has 0 fully saturated rings. The largest absolute Gasteiger partial charge is 0.376 e. The maximum Gasteiger partial charge on any atom is 0.0717 e. The van der Waals surface area contributed by atoms with Crippen LogP contribution in [0.25, 0.3) is 0 Å². The molecule has 0 saturated heterocycles. The van der Waals surface area contributed by atoms with Crippen LogP contribution in [0.2, 0.25) is 0 Å². The van der Waals surface area contributed by atoms with Gasteiger partial charge in [0.15, 0.2) is 0 Å². The lowest BCUT2D eigenvalue weighted by atomic mass is 10.1. The first-order chi connectivity index (χ1) is 10.3. The third-order valence-electron chi connectivity index (χ3n) is 3.42. The van der Waals surface area contributed by atoms with Gasteiger partial charge in [-0.05, 0) is 29.9 Å². The predicted molar refractivity (Wildman–Crippen MR) is 105 cm³/mol. The molecule has 0 spiro atoms. The highest BCUT2D eigenvalue weighted by atomic mass is 127. The SMILES string of the molecule is CC(C/C=C\Cc1ccccc1)COCc1ccccc1.I. The lowest BCUT2D eigenvalue weighted by molar-refractivity contribution is 0.0929. The number of ether oxygens (including phenoxy) is 1. The standard InChI is InChI=1S/C20H24O.HI/c1-18(16-21-17-20-14-6-3-7-15-20)10-8-9-13-19-11-4-2-5-12-19;/h2-9,11-12,14-15,18H,10,13,16-17H2,1H3;1H/b9-8-;. The third-order valence-corrected chi connectivity index (χ3v) is 3.42. The van der Waals surface area contributed by atoms with Crippen molar-refractivity contribution in [3.8, 4) is 0 Å². The van der Waals surface area contributed by atoms with Crippen LogP contribution in [0.15, 0.2) is 72.8 Å². The minimum atomic E-state index is 0. The Labute approximate surface area is 151 Å². The van der Waals surface area contributed by atoms with Crippen LogP contribution < -0.4 is 0 Å². The fourth-order valence-electron chi connectivity index (χ4n) is 2.18. The normalized spacial score (nSPS) is 12.0. The minimum Gasteiger partial charge on any atom is -0.376 e. The molecule has 1 atom stereocenters. The van der Waals surface area contributed by atoms with Gasteiger partial charge in [-0.1, -0.05) is 79.7 Å². The molecule has 1 nitrogen and oxygen atoms in total. The van der Waals surface area contributed by atoms with E-state index in [1.54, 1.807) is 0 Å². The summed E-state index contributed by atoms with van der Waals surface area (Å²) in [5.74, 6) is 0.556. The molecule has 0 aliphatic carbocycles. The average Bonchev–Trinajstić information content (AvgIpc) is 2.54. The molecule has 0 aromatic heterocycles. The van der Waals surface area contributed by atoms with Crippen molar-refractivity contribution in [3.63, 3.8) is 0 Å². The number of halogens is 1. The molecule has 0 heterocycles. The molecule has 118 valence electrons. The maximum absolute atomic E-state index is 5.76. The summed E-state index contributed by atoms with van der Waals surface area (Å²) in [4.78, 5) is 0. The summed E-state index contributed by atoms with van der Waals surface area (Å²) >= 11 is 0. The van der Waals surface area contributed by atoms with E-state index >= 15 is 0 Å². The van der Waals surface area contributed by atoms with Crippen molar-refractivity contribution in [1.82, 2.24) is 0 Å². The van der Waals surface area contributed by atoms with E-state index in [1.165, 1.54) is 11.1 Å². The molecule has 0 N–H and O–H groups in total. The second-order valence-electron chi connectivity index (χ2n) is 5.50. The number of benzene rings is 2. The van der Waals surface area contributed by atoms with Crippen LogP contribution in [0.4, 0.5) is 0 Å². The van der Waals surface area contributed by atoms with E-state index in [0.717, 1.165) is 19.4 Å². The monoisotopic (exact) mass is 408 g/mol. The third kappa shape index (κ3) is 7.76. The van der Waals surface area contributed by atoms with Gasteiger partial charge in [-0.3, -0.25) is 0 Å². The molecule has 0 saturated carbocycles. The second kappa shape index (κ2) is 11.4. The molecular formula is C20H25IO. The molecule has 0 radical (unpaired) electrons. The first kappa shape index (κ1) is 18.9. The molecule has 0 aliphatic heterocycles. The van der Waals surface area contributed by atoms with Crippen LogP contribution in [0.5, 0.6) is 0 Å². The van der Waals surface area contributed by atoms with E-state index < -0.39 is 0 Å². The molecule has 0 aliphatic rings. The van der Waals surface area contributed by atoms with Crippen molar-refractivity contribution in [1.29, 1.82) is 0 Å². The van der Waals surface area contributed by atoms with Gasteiger partial charge in [-0.25, -0.2) is 0 Å². The van der Waals surface area contributed by atoms with Gasteiger partial charge in [0, 0.05) is 6.61 Å². The van der Waals surface area contributed by atoms with E-state index in [9.17, 15) is 0 Å². The van der Waals surface area contributed by atoms with Crippen molar-refractivity contribution in [2.45, 2.75) is 26.4 Å². The van der Waals surface area contributed by atoms with Gasteiger partial charge in [0.1, 0.15) is 0 Å². The first-order valence-electron chi connectivity index (χ1n) is 7.65. The van der Waals surface area contributed by atoms with Gasteiger partial charge in [-0.15, -0.1) is 24.0 Å². The quantitative estimate of drug-likeness (QED) is 0.405. The first-order valence-corrected chi connectivity index (χ1v) is 7.65. The zero-order valence-electron chi connectivity index (χ0n) is 13.2. The summed E-state index contributed by atoms with van der Waals surface area (Å²) in [6.07, 6.45) is 6.60. The molecular weight excluding hydrogens is 383 g/mol. The Bertz CT molecular complexity index is 522. The molecule has 2 aromatic rings. The van der Waals surface area contributed by atoms with Crippen molar-refractivity contribution < 1.29 is 4.74 Å². The number of allylic oxidation sites excluding steroid dienone is 2. The van der Waals surface area contributed by atoms with Crippen LogP contribution in [-0.4, -0.2) is 6.61 Å². The summed E-state index contributed by atoms with van der Waals surface area (Å²) in [6.45, 7) is 3.75. The topological polar surface area (TPSA) is 9.23 Å². The predicted octanol–water partition coefficient (Wildman–Crippen LogP) is 5.65. The smallest absolute Gasteiger partial charge is 0.0717 e. The summed E-state index contributed by atoms with van der Waals surface area (Å²) in [6, 6.07) is 20.9. The highest BCUT2D eigenvalue weighted by molar-refractivity contribution is 14.0. The molecule has 0 bridgehead atoms. The minimum absolute atomic E-state index is 0. The fourth-order valence-corrected chi connectivity index (χ4v) is 2.18. The Morgan fingerprint density at radius 2 is 1.45 bits per heavy atom. The van der Waals surface area contributed by atoms with E-state index in [1.807, 2.05) is 6.07 Å². The van der Waals surface area contributed by atoms with Crippen LogP contribution in [0.1, 0.15) is 24.5 Å². The summed E-state index contributed by atoms with van der Waals surface area (Å²) < 4.78 is 5.76. The van der Waals surface area contributed by atoms with Gasteiger partial charge < -0.3 is 4.74 Å². The van der Waals surface area contributed by atoms with Crippen LogP contribution in [0, 0.1) is 5.92 Å². The molecule has 2 rings (SSSR count). The average molecular weight is 408 g/mol. The Morgan fingerprint density at radius 3 is 2.09 bits per heavy atom. The lowest BCUT2D eigenvalue weighted by Gasteiger charge is -2.09. The van der Waals surface area contributed by atoms with E-state index in [0.29, 0.717) is 12.5 Å². The van der Waals surface area contributed by atoms with Gasteiger partial charge in [0.2, 0.25) is 0 Å². The Hall–Kier alpha value is -1.13. The van der Waals surface area contributed by atoms with E-state index in [2.05, 4.69) is 73.7 Å². The molecule has 2 heteroatoms. The number of hydrogen-bond acceptors (Lipinski definition) is 1. The highest BCUT2D eigenvalue weighted by Crippen LogP contribution is 2.08. The number of rotatable bonds is 8. The summed E-state index contributed by atoms with van der Waals surface area (Å²) in [5, 5.41) is 0. The molecule has 0 amide bonds. The summed E-state index contributed by atoms with van der Waals surface area (Å²) in [7, 11) is 0. The Morgan fingerprint density at radius 1 is 0.864 bits per heavy atom. The Kier molecular flexibility index (Phi) is 9.84. The van der Waals surface area contributed by atoms with Gasteiger partial charge >= 0.3 is 0 Å². The van der Waals surface area contributed by atoms with Crippen molar-refractivity contribution in [3.05, 3.63) is 83.9 Å². The molecule has 1 unspecified atom stereocenters. The van der Waals surface area contributed by atoms with E-state index in [4.69, 9.17) is 4.74 Å². The highest BCUT2D eigenvalue weighted by Gasteiger charge is 2.00. The van der Waals surface area contributed by atoms with Gasteiger partial charge in [0.05, 0.1) is 6.61 Å². The maximum atomic E-state index is 5.76. The van der Waals surface area contributed by atoms with Crippen LogP contribution >= 0.6 is 24.0 Å². The van der Waals surface area contributed by atoms with Crippen molar-refractivity contribution in [2.75, 3.05) is 6.61 Å². The Balaban J connectivity index is 0.00000242. The fraction of sp³-hybridized carbons (Fsp3) is 0.300. The van der Waals surface area contributed by atoms with Crippen LogP contribution in [-0.2, 0) is 17.8 Å². The molecule has 2 aromatic carbocycles. The molecule has 22 heavy (non-hydrogen) atoms. The van der Waals surface area contributed by atoms with Crippen LogP contribution in [0.3, 0.4) is 0 Å². The van der Waals surface area contributed by atoms with Gasteiger partial charge in [-0.2, -0.15) is 0 Å². The summed E-state index contributed by atoms with van der Waals surface area (Å²) in [5.41, 5.74) is 2.60. The lowest BCUT2D eigenvalue weighted by Crippen LogP contribution is -2.05. The zero-order valence-corrected chi connectivity index (χ0v) is 15.5. The number of hydrogen-bond donors (Lipinski definition) is 0. The van der Waals surface area contributed by atoms with Crippen molar-refractivity contribution >= 4 is 24.0 Å². The van der Waals surface area contributed by atoms with Gasteiger partial charge in [0.25, 0.3) is 0 Å².